The number of rotatable bonds is 4. The predicted octanol–water partition coefficient (Wildman–Crippen LogP) is 4.47. The molecule has 0 aromatic heterocycles. The number of thiocarbonyl (C=S) groups is 1. The highest BCUT2D eigenvalue weighted by molar-refractivity contribution is 7.80. The Kier molecular flexibility index (Phi) is 4.39. The molecule has 2 nitrogen and oxygen atoms in total. The number of nitrogens with two attached hydrogens (primary N) is 1. The van der Waals surface area contributed by atoms with E-state index in [4.69, 9.17) is 18.0 Å². The molecule has 21 heavy (non-hydrogen) atoms. The van der Waals surface area contributed by atoms with Crippen LogP contribution in [0.5, 0.6) is 0 Å². The van der Waals surface area contributed by atoms with Crippen LogP contribution >= 0.6 is 12.2 Å². The summed E-state index contributed by atoms with van der Waals surface area (Å²) in [7, 11) is 0. The third-order valence-electron chi connectivity index (χ3n) is 4.50. The van der Waals surface area contributed by atoms with Crippen LogP contribution in [0.1, 0.15) is 37.7 Å². The second-order valence-corrected chi connectivity index (χ2v) is 6.40. The fourth-order valence-electron chi connectivity index (χ4n) is 3.31. The topological polar surface area (TPSA) is 38.0 Å². The molecule has 1 fully saturated rings. The minimum Gasteiger partial charge on any atom is -0.389 e. The van der Waals surface area contributed by atoms with Crippen molar-refractivity contribution in [3.63, 3.8) is 0 Å². The molecule has 0 saturated heterocycles. The highest BCUT2D eigenvalue weighted by Crippen LogP contribution is 2.29. The first kappa shape index (κ1) is 14.3. The largest absolute Gasteiger partial charge is 0.389 e. The molecule has 3 N–H and O–H groups in total. The van der Waals surface area contributed by atoms with Crippen LogP contribution in [-0.4, -0.2) is 11.5 Å². The smallest absolute Gasteiger partial charge is 0.104 e. The maximum Gasteiger partial charge on any atom is 0.104 e. The maximum absolute atomic E-state index is 5.83. The zero-order valence-electron chi connectivity index (χ0n) is 12.3. The second kappa shape index (κ2) is 6.44. The summed E-state index contributed by atoms with van der Waals surface area (Å²) in [5.41, 5.74) is 7.98. The van der Waals surface area contributed by atoms with Crippen LogP contribution in [0.2, 0.25) is 0 Å². The van der Waals surface area contributed by atoms with E-state index < -0.39 is 0 Å². The van der Waals surface area contributed by atoms with E-state index in [2.05, 4.69) is 29.6 Å². The lowest BCUT2D eigenvalue weighted by Gasteiger charge is -2.23. The molecule has 0 spiro atoms. The second-order valence-electron chi connectivity index (χ2n) is 5.96. The van der Waals surface area contributed by atoms with Crippen molar-refractivity contribution in [2.45, 2.75) is 32.1 Å². The lowest BCUT2D eigenvalue weighted by molar-refractivity contribution is 0.373. The van der Waals surface area contributed by atoms with Crippen molar-refractivity contribution >= 4 is 33.7 Å². The summed E-state index contributed by atoms with van der Waals surface area (Å²) in [6.45, 7) is 1.07. The van der Waals surface area contributed by atoms with Crippen LogP contribution in [0, 0.1) is 5.92 Å². The first-order valence-electron chi connectivity index (χ1n) is 7.81. The predicted molar refractivity (Wildman–Crippen MR) is 94.9 cm³/mol. The molecule has 0 amide bonds. The monoisotopic (exact) mass is 298 g/mol. The Hall–Kier alpha value is -1.61. The van der Waals surface area contributed by atoms with Gasteiger partial charge in [0.15, 0.2) is 0 Å². The van der Waals surface area contributed by atoms with Gasteiger partial charge in [-0.25, -0.2) is 0 Å². The van der Waals surface area contributed by atoms with Gasteiger partial charge in [0.1, 0.15) is 4.99 Å². The molecule has 0 heterocycles. The van der Waals surface area contributed by atoms with E-state index in [-0.39, 0.29) is 0 Å². The molecule has 0 radical (unpaired) electrons. The lowest BCUT2D eigenvalue weighted by atomic mass is 9.89. The quantitative estimate of drug-likeness (QED) is 0.818. The SMILES string of the molecule is NC(=S)c1ccc(NCC2CCCCC2)c2ccccc12. The fourth-order valence-corrected chi connectivity index (χ4v) is 3.49. The molecule has 1 aliphatic carbocycles. The summed E-state index contributed by atoms with van der Waals surface area (Å²) in [4.78, 5) is 0.463. The van der Waals surface area contributed by atoms with E-state index in [1.54, 1.807) is 0 Å². The molecular weight excluding hydrogens is 276 g/mol. The molecule has 1 aliphatic rings. The van der Waals surface area contributed by atoms with Crippen LogP contribution in [0.4, 0.5) is 5.69 Å². The summed E-state index contributed by atoms with van der Waals surface area (Å²) in [6.07, 6.45) is 6.88. The first-order chi connectivity index (χ1) is 10.3. The van der Waals surface area contributed by atoms with Gasteiger partial charge in [-0.15, -0.1) is 0 Å². The van der Waals surface area contributed by atoms with E-state index in [0.717, 1.165) is 23.4 Å². The van der Waals surface area contributed by atoms with Crippen molar-refractivity contribution in [3.05, 3.63) is 42.0 Å². The molecule has 1 saturated carbocycles. The average molecular weight is 298 g/mol. The van der Waals surface area contributed by atoms with Crippen LogP contribution in [0.25, 0.3) is 10.8 Å². The van der Waals surface area contributed by atoms with Crippen molar-refractivity contribution in [2.75, 3.05) is 11.9 Å². The van der Waals surface area contributed by atoms with Crippen LogP contribution in [-0.2, 0) is 0 Å². The summed E-state index contributed by atoms with van der Waals surface area (Å²) in [6, 6.07) is 12.5. The zero-order valence-corrected chi connectivity index (χ0v) is 13.1. The molecule has 3 heteroatoms. The van der Waals surface area contributed by atoms with Gasteiger partial charge >= 0.3 is 0 Å². The van der Waals surface area contributed by atoms with Gasteiger partial charge in [0.05, 0.1) is 0 Å². The van der Waals surface area contributed by atoms with Gasteiger partial charge in [-0.1, -0.05) is 55.7 Å². The van der Waals surface area contributed by atoms with Crippen molar-refractivity contribution in [1.29, 1.82) is 0 Å². The van der Waals surface area contributed by atoms with Gasteiger partial charge < -0.3 is 11.1 Å². The highest BCUT2D eigenvalue weighted by Gasteiger charge is 2.14. The van der Waals surface area contributed by atoms with Gasteiger partial charge in [-0.3, -0.25) is 0 Å². The van der Waals surface area contributed by atoms with E-state index in [1.165, 1.54) is 43.2 Å². The van der Waals surface area contributed by atoms with Crippen LogP contribution < -0.4 is 11.1 Å². The van der Waals surface area contributed by atoms with Crippen molar-refractivity contribution in [1.82, 2.24) is 0 Å². The molecule has 0 unspecified atom stereocenters. The Morgan fingerprint density at radius 1 is 1.05 bits per heavy atom. The molecule has 2 aromatic rings. The van der Waals surface area contributed by atoms with E-state index in [1.807, 2.05) is 12.1 Å². The van der Waals surface area contributed by atoms with Crippen molar-refractivity contribution in [2.24, 2.45) is 11.7 Å². The van der Waals surface area contributed by atoms with Gasteiger partial charge in [0, 0.05) is 23.2 Å². The number of hydrogen-bond acceptors (Lipinski definition) is 2. The zero-order chi connectivity index (χ0) is 14.7. The molecule has 0 atom stereocenters. The fraction of sp³-hybridized carbons (Fsp3) is 0.389. The van der Waals surface area contributed by atoms with Crippen molar-refractivity contribution < 1.29 is 0 Å². The summed E-state index contributed by atoms with van der Waals surface area (Å²) >= 11 is 5.16. The van der Waals surface area contributed by atoms with E-state index in [9.17, 15) is 0 Å². The molecule has 0 aliphatic heterocycles. The maximum atomic E-state index is 5.83. The Morgan fingerprint density at radius 3 is 2.48 bits per heavy atom. The average Bonchev–Trinajstić information content (AvgIpc) is 2.53. The summed E-state index contributed by atoms with van der Waals surface area (Å²) in [5.74, 6) is 0.813. The Morgan fingerprint density at radius 2 is 1.76 bits per heavy atom. The summed E-state index contributed by atoms with van der Waals surface area (Å²) < 4.78 is 0. The van der Waals surface area contributed by atoms with Crippen molar-refractivity contribution in [3.8, 4) is 0 Å². The van der Waals surface area contributed by atoms with Crippen LogP contribution in [0.15, 0.2) is 36.4 Å². The number of nitrogens with one attached hydrogen (secondary N) is 1. The van der Waals surface area contributed by atoms with Crippen LogP contribution in [0.3, 0.4) is 0 Å². The van der Waals surface area contributed by atoms with Gasteiger partial charge in [-0.05, 0) is 36.3 Å². The first-order valence-corrected chi connectivity index (χ1v) is 8.22. The summed E-state index contributed by atoms with van der Waals surface area (Å²) in [5, 5.41) is 5.98. The molecule has 3 rings (SSSR count). The molecular formula is C18H22N2S. The Bertz CT molecular complexity index is 645. The standard InChI is InChI=1S/C18H22N2S/c19-18(21)16-10-11-17(15-9-5-4-8-14(15)16)20-12-13-6-2-1-3-7-13/h4-5,8-11,13,20H,1-3,6-7,12H2,(H2,19,21). The van der Waals surface area contributed by atoms with Gasteiger partial charge in [0.25, 0.3) is 0 Å². The number of benzene rings is 2. The number of fused-ring (bicyclic) bond motifs is 1. The number of anilines is 1. The molecule has 0 bridgehead atoms. The minimum absolute atomic E-state index is 0.463. The van der Waals surface area contributed by atoms with Gasteiger partial charge in [-0.2, -0.15) is 0 Å². The highest BCUT2D eigenvalue weighted by atomic mass is 32.1. The van der Waals surface area contributed by atoms with Gasteiger partial charge in [0.2, 0.25) is 0 Å². The van der Waals surface area contributed by atoms with E-state index >= 15 is 0 Å². The normalized spacial score (nSPS) is 16.0. The molecule has 2 aromatic carbocycles. The lowest BCUT2D eigenvalue weighted by Crippen LogP contribution is -2.17. The minimum atomic E-state index is 0.463. The third kappa shape index (κ3) is 3.18. The van der Waals surface area contributed by atoms with E-state index in [0.29, 0.717) is 4.99 Å². The third-order valence-corrected chi connectivity index (χ3v) is 4.72. The molecule has 110 valence electrons. The Balaban J connectivity index is 1.85. The Labute approximate surface area is 131 Å². The number of hydrogen-bond donors (Lipinski definition) is 2.